The third-order valence-corrected chi connectivity index (χ3v) is 4.00. The minimum atomic E-state index is -0.506. The van der Waals surface area contributed by atoms with Crippen LogP contribution in [0.4, 0.5) is 0 Å². The lowest BCUT2D eigenvalue weighted by atomic mass is 10.2. The van der Waals surface area contributed by atoms with Gasteiger partial charge in [0.05, 0.1) is 17.3 Å². The first-order valence-electron chi connectivity index (χ1n) is 8.64. The highest BCUT2D eigenvalue weighted by molar-refractivity contribution is 5.94. The minimum absolute atomic E-state index is 0.138. The molecule has 0 bridgehead atoms. The van der Waals surface area contributed by atoms with E-state index in [-0.39, 0.29) is 12.7 Å². The second kappa shape index (κ2) is 8.22. The van der Waals surface area contributed by atoms with Crippen molar-refractivity contribution >= 4 is 18.1 Å². The summed E-state index contributed by atoms with van der Waals surface area (Å²) in [6.07, 6.45) is 4.52. The van der Waals surface area contributed by atoms with Crippen LogP contribution in [0.25, 0.3) is 0 Å². The highest BCUT2D eigenvalue weighted by Gasteiger charge is 2.17. The van der Waals surface area contributed by atoms with Crippen LogP contribution in [0.2, 0.25) is 0 Å². The smallest absolute Gasteiger partial charge is 0.343 e. The molecule has 1 aliphatic heterocycles. The maximum Gasteiger partial charge on any atom is 0.343 e. The van der Waals surface area contributed by atoms with Gasteiger partial charge in [0.15, 0.2) is 11.5 Å². The molecule has 0 fully saturated rings. The van der Waals surface area contributed by atoms with E-state index in [1.165, 1.54) is 12.4 Å². The Balaban J connectivity index is 1.34. The molecule has 2 aromatic carbocycles. The van der Waals surface area contributed by atoms with Crippen LogP contribution in [-0.2, 0) is 0 Å². The fourth-order valence-electron chi connectivity index (χ4n) is 2.54. The summed E-state index contributed by atoms with van der Waals surface area (Å²) in [4.78, 5) is 28.0. The number of pyridine rings is 1. The van der Waals surface area contributed by atoms with E-state index in [1.54, 1.807) is 60.8 Å². The molecule has 144 valence electrons. The normalized spacial score (nSPS) is 12.0. The van der Waals surface area contributed by atoms with Crippen molar-refractivity contribution in [1.82, 2.24) is 10.4 Å². The van der Waals surface area contributed by atoms with Gasteiger partial charge in [-0.25, -0.2) is 10.2 Å². The number of esters is 1. The molecular weight excluding hydrogens is 374 g/mol. The zero-order chi connectivity index (χ0) is 20.1. The van der Waals surface area contributed by atoms with Crippen molar-refractivity contribution in [2.75, 3.05) is 6.79 Å². The maximum absolute atomic E-state index is 12.3. The molecule has 0 saturated carbocycles. The molecule has 0 radical (unpaired) electrons. The van der Waals surface area contributed by atoms with Crippen molar-refractivity contribution in [2.24, 2.45) is 5.10 Å². The van der Waals surface area contributed by atoms with E-state index in [9.17, 15) is 9.59 Å². The first-order valence-corrected chi connectivity index (χ1v) is 8.64. The number of amides is 1. The Kier molecular flexibility index (Phi) is 5.15. The standard InChI is InChI=1S/C21H15N3O5/c25-20(16-2-1-9-22-12-16)24-23-11-14-3-6-17(7-4-14)29-21(26)15-5-8-18-19(10-15)28-13-27-18/h1-12H,13H2,(H,24,25)/b23-11-. The van der Waals surface area contributed by atoms with Gasteiger partial charge in [-0.05, 0) is 60.2 Å². The van der Waals surface area contributed by atoms with Gasteiger partial charge in [0, 0.05) is 12.4 Å². The van der Waals surface area contributed by atoms with E-state index < -0.39 is 5.97 Å². The monoisotopic (exact) mass is 389 g/mol. The number of carbonyl (C=O) groups excluding carboxylic acids is 2. The maximum atomic E-state index is 12.3. The van der Waals surface area contributed by atoms with Gasteiger partial charge >= 0.3 is 5.97 Å². The molecule has 0 aliphatic carbocycles. The van der Waals surface area contributed by atoms with E-state index in [2.05, 4.69) is 15.5 Å². The molecule has 29 heavy (non-hydrogen) atoms. The highest BCUT2D eigenvalue weighted by Crippen LogP contribution is 2.32. The van der Waals surface area contributed by atoms with E-state index in [0.717, 1.165) is 5.56 Å². The number of fused-ring (bicyclic) bond motifs is 1. The Morgan fingerprint density at radius 2 is 1.86 bits per heavy atom. The molecule has 8 nitrogen and oxygen atoms in total. The predicted octanol–water partition coefficient (Wildman–Crippen LogP) is 2.79. The first-order chi connectivity index (χ1) is 14.2. The summed E-state index contributed by atoms with van der Waals surface area (Å²) in [6.45, 7) is 0.138. The molecule has 2 heterocycles. The van der Waals surface area contributed by atoms with Gasteiger partial charge in [0.25, 0.3) is 5.91 Å². The molecule has 8 heteroatoms. The van der Waals surface area contributed by atoms with Crippen LogP contribution in [0, 0.1) is 0 Å². The van der Waals surface area contributed by atoms with Crippen LogP contribution >= 0.6 is 0 Å². The van der Waals surface area contributed by atoms with E-state index in [1.807, 2.05) is 0 Å². The number of carbonyl (C=O) groups is 2. The Labute approximate surface area is 165 Å². The summed E-state index contributed by atoms with van der Waals surface area (Å²) in [5.74, 6) is 0.626. The SMILES string of the molecule is O=C(N/N=C\c1ccc(OC(=O)c2ccc3c(c2)OCO3)cc1)c1cccnc1. The number of ether oxygens (including phenoxy) is 3. The fraction of sp³-hybridized carbons (Fsp3) is 0.0476. The molecule has 1 aromatic heterocycles. The van der Waals surface area contributed by atoms with E-state index >= 15 is 0 Å². The van der Waals surface area contributed by atoms with Gasteiger partial charge < -0.3 is 14.2 Å². The zero-order valence-electron chi connectivity index (χ0n) is 15.1. The molecular formula is C21H15N3O5. The van der Waals surface area contributed by atoms with Gasteiger partial charge in [0.2, 0.25) is 6.79 Å². The summed E-state index contributed by atoms with van der Waals surface area (Å²) >= 11 is 0. The second-order valence-corrected chi connectivity index (χ2v) is 5.97. The van der Waals surface area contributed by atoms with Crippen LogP contribution in [0.3, 0.4) is 0 Å². The summed E-state index contributed by atoms with van der Waals surface area (Å²) < 4.78 is 15.8. The lowest BCUT2D eigenvalue weighted by molar-refractivity contribution is 0.0734. The van der Waals surface area contributed by atoms with Crippen LogP contribution in [0.5, 0.6) is 17.2 Å². The van der Waals surface area contributed by atoms with Gasteiger partial charge in [-0.3, -0.25) is 9.78 Å². The van der Waals surface area contributed by atoms with Gasteiger partial charge in [-0.15, -0.1) is 0 Å². The Hall–Kier alpha value is -4.20. The molecule has 1 amide bonds. The molecule has 0 unspecified atom stereocenters. The van der Waals surface area contributed by atoms with Crippen molar-refractivity contribution in [3.8, 4) is 17.2 Å². The number of hydrogen-bond acceptors (Lipinski definition) is 7. The average molecular weight is 389 g/mol. The highest BCUT2D eigenvalue weighted by atomic mass is 16.7. The lowest BCUT2D eigenvalue weighted by Gasteiger charge is -2.05. The van der Waals surface area contributed by atoms with Crippen LogP contribution in [-0.4, -0.2) is 29.9 Å². The quantitative estimate of drug-likeness (QED) is 0.312. The van der Waals surface area contributed by atoms with Crippen LogP contribution < -0.4 is 19.6 Å². The van der Waals surface area contributed by atoms with E-state index in [4.69, 9.17) is 14.2 Å². The number of nitrogens with one attached hydrogen (secondary N) is 1. The molecule has 3 aromatic rings. The van der Waals surface area contributed by atoms with Gasteiger partial charge in [-0.1, -0.05) is 0 Å². The Bertz CT molecular complexity index is 1070. The van der Waals surface area contributed by atoms with Crippen LogP contribution in [0.15, 0.2) is 72.1 Å². The predicted molar refractivity (Wildman–Crippen MR) is 103 cm³/mol. The largest absolute Gasteiger partial charge is 0.454 e. The van der Waals surface area contributed by atoms with Crippen molar-refractivity contribution in [2.45, 2.75) is 0 Å². The number of rotatable bonds is 5. The van der Waals surface area contributed by atoms with E-state index in [0.29, 0.717) is 28.4 Å². The molecule has 1 N–H and O–H groups in total. The fourth-order valence-corrected chi connectivity index (χ4v) is 2.54. The Morgan fingerprint density at radius 3 is 2.66 bits per heavy atom. The van der Waals surface area contributed by atoms with Gasteiger partial charge in [0.1, 0.15) is 5.75 Å². The summed E-state index contributed by atoms with van der Waals surface area (Å²) in [6, 6.07) is 14.9. The molecule has 4 rings (SSSR count). The third kappa shape index (κ3) is 4.38. The minimum Gasteiger partial charge on any atom is -0.454 e. The average Bonchev–Trinajstić information content (AvgIpc) is 3.23. The number of aromatic nitrogens is 1. The number of hydrazone groups is 1. The van der Waals surface area contributed by atoms with Crippen molar-refractivity contribution in [3.05, 3.63) is 83.7 Å². The summed E-state index contributed by atoms with van der Waals surface area (Å²) in [7, 11) is 0. The number of hydrogen-bond donors (Lipinski definition) is 1. The molecule has 0 atom stereocenters. The van der Waals surface area contributed by atoms with Crippen molar-refractivity contribution < 1.29 is 23.8 Å². The van der Waals surface area contributed by atoms with Crippen molar-refractivity contribution in [1.29, 1.82) is 0 Å². The molecule has 0 spiro atoms. The first kappa shape index (κ1) is 18.2. The third-order valence-electron chi connectivity index (χ3n) is 4.00. The molecule has 0 saturated heterocycles. The van der Waals surface area contributed by atoms with Crippen molar-refractivity contribution in [3.63, 3.8) is 0 Å². The van der Waals surface area contributed by atoms with Gasteiger partial charge in [-0.2, -0.15) is 5.10 Å². The topological polar surface area (TPSA) is 99.1 Å². The lowest BCUT2D eigenvalue weighted by Crippen LogP contribution is -2.17. The van der Waals surface area contributed by atoms with Crippen LogP contribution in [0.1, 0.15) is 26.3 Å². The number of nitrogens with zero attached hydrogens (tertiary/aromatic N) is 2. The Morgan fingerprint density at radius 1 is 1.03 bits per heavy atom. The zero-order valence-corrected chi connectivity index (χ0v) is 15.1. The summed E-state index contributed by atoms with van der Waals surface area (Å²) in [5.41, 5.74) is 3.91. The molecule has 1 aliphatic rings. The summed E-state index contributed by atoms with van der Waals surface area (Å²) in [5, 5.41) is 3.90. The second-order valence-electron chi connectivity index (χ2n) is 5.97. The number of benzene rings is 2.